The number of nitrogens with zero attached hydrogens (tertiary/aromatic N) is 1. The lowest BCUT2D eigenvalue weighted by Gasteiger charge is -2.39. The molecule has 1 saturated heterocycles. The van der Waals surface area contributed by atoms with Gasteiger partial charge in [0, 0.05) is 25.7 Å². The maximum Gasteiger partial charge on any atom is 0.244 e. The lowest BCUT2D eigenvalue weighted by Crippen LogP contribution is -2.54. The minimum Gasteiger partial charge on any atom is -0.379 e. The van der Waals surface area contributed by atoms with Gasteiger partial charge in [-0.1, -0.05) is 38.8 Å². The minimum atomic E-state index is -4.17. The molecule has 1 aliphatic heterocycles. The number of amides is 1. The van der Waals surface area contributed by atoms with E-state index < -0.39 is 26.8 Å². The number of sulfonamides is 1. The molecule has 2 unspecified atom stereocenters. The molecule has 2 rings (SSSR count). The fourth-order valence-electron chi connectivity index (χ4n) is 4.06. The summed E-state index contributed by atoms with van der Waals surface area (Å²) in [5.74, 6) is -0.224. The average molecular weight is 490 g/mol. The van der Waals surface area contributed by atoms with Gasteiger partial charge in [-0.05, 0) is 36.5 Å². The first kappa shape index (κ1) is 27.0. The molecule has 0 bridgehead atoms. The molecule has 0 spiro atoms. The van der Waals surface area contributed by atoms with Crippen molar-refractivity contribution in [2.45, 2.75) is 50.1 Å². The van der Waals surface area contributed by atoms with Crippen LogP contribution in [0.25, 0.3) is 0 Å². The highest BCUT2D eigenvalue weighted by Crippen LogP contribution is 2.20. The van der Waals surface area contributed by atoms with Crippen molar-refractivity contribution in [3.8, 4) is 0 Å². The van der Waals surface area contributed by atoms with E-state index in [-0.39, 0.29) is 11.9 Å². The summed E-state index contributed by atoms with van der Waals surface area (Å²) in [5, 5.41) is 2.98. The summed E-state index contributed by atoms with van der Waals surface area (Å²) in [5.41, 5.74) is 0. The second kappa shape index (κ2) is 13.5. The van der Waals surface area contributed by atoms with Crippen LogP contribution in [0, 0.1) is 11.7 Å². The number of hydrogen-bond donors (Lipinski definition) is 2. The Morgan fingerprint density at radius 1 is 1.22 bits per heavy atom. The molecule has 10 heteroatoms. The Morgan fingerprint density at radius 3 is 2.47 bits per heavy atom. The van der Waals surface area contributed by atoms with Crippen molar-refractivity contribution in [2.75, 3.05) is 44.9 Å². The van der Waals surface area contributed by atoms with Gasteiger partial charge < -0.3 is 10.1 Å². The Morgan fingerprint density at radius 2 is 1.88 bits per heavy atom. The van der Waals surface area contributed by atoms with Crippen molar-refractivity contribution in [2.24, 2.45) is 5.92 Å². The first-order chi connectivity index (χ1) is 15.3. The van der Waals surface area contributed by atoms with Crippen molar-refractivity contribution in [1.82, 2.24) is 14.9 Å². The van der Waals surface area contributed by atoms with Crippen LogP contribution >= 0.6 is 11.8 Å². The Kier molecular flexibility index (Phi) is 11.4. The molecule has 2 N–H and O–H groups in total. The molecule has 1 aromatic rings. The van der Waals surface area contributed by atoms with Crippen molar-refractivity contribution < 1.29 is 22.3 Å². The van der Waals surface area contributed by atoms with Crippen LogP contribution in [0.3, 0.4) is 0 Å². The van der Waals surface area contributed by atoms with Crippen molar-refractivity contribution in [3.63, 3.8) is 0 Å². The Labute approximate surface area is 195 Å². The highest BCUT2D eigenvalue weighted by molar-refractivity contribution is 7.98. The molecule has 7 nitrogen and oxygen atoms in total. The topological polar surface area (TPSA) is 87.7 Å². The number of rotatable bonds is 13. The van der Waals surface area contributed by atoms with E-state index in [1.807, 2.05) is 6.26 Å². The lowest BCUT2D eigenvalue weighted by atomic mass is 9.92. The molecule has 0 aliphatic carbocycles. The van der Waals surface area contributed by atoms with Gasteiger partial charge in [-0.2, -0.15) is 16.5 Å². The van der Waals surface area contributed by atoms with Crippen LogP contribution in [0.4, 0.5) is 4.39 Å². The van der Waals surface area contributed by atoms with Gasteiger partial charge in [-0.15, -0.1) is 0 Å². The largest absolute Gasteiger partial charge is 0.379 e. The molecule has 0 saturated carbocycles. The number of carbonyl (C=O) groups is 1. The summed E-state index contributed by atoms with van der Waals surface area (Å²) in [6.07, 6.45) is 4.18. The van der Waals surface area contributed by atoms with Gasteiger partial charge >= 0.3 is 0 Å². The summed E-state index contributed by atoms with van der Waals surface area (Å²) in [4.78, 5) is 14.9. The SMILES string of the molecule is CCC(CC)C(CNC(=O)C(CCSC)NS(=O)(=O)c1ccccc1F)N1CCOCC1. The molecule has 1 amide bonds. The summed E-state index contributed by atoms with van der Waals surface area (Å²) in [7, 11) is -4.17. The van der Waals surface area contributed by atoms with Crippen molar-refractivity contribution in [1.29, 1.82) is 0 Å². The van der Waals surface area contributed by atoms with Crippen LogP contribution in [-0.4, -0.2) is 76.2 Å². The first-order valence-corrected chi connectivity index (χ1v) is 14.1. The fraction of sp³-hybridized carbons (Fsp3) is 0.682. The molecule has 1 aliphatic rings. The highest BCUT2D eigenvalue weighted by Gasteiger charge is 2.30. The summed E-state index contributed by atoms with van der Waals surface area (Å²) in [6.45, 7) is 7.69. The van der Waals surface area contributed by atoms with Gasteiger partial charge in [0.1, 0.15) is 16.8 Å². The number of nitrogens with one attached hydrogen (secondary N) is 2. The number of halogens is 1. The van der Waals surface area contributed by atoms with Crippen molar-refractivity contribution >= 4 is 27.7 Å². The molecule has 0 aromatic heterocycles. The molecule has 32 heavy (non-hydrogen) atoms. The number of thioether (sulfide) groups is 1. The van der Waals surface area contributed by atoms with E-state index in [1.165, 1.54) is 30.0 Å². The molecule has 0 radical (unpaired) electrons. The molecule has 1 aromatic carbocycles. The van der Waals surface area contributed by atoms with Crippen LogP contribution in [-0.2, 0) is 19.6 Å². The van der Waals surface area contributed by atoms with Crippen LogP contribution in [0.15, 0.2) is 29.2 Å². The molecule has 1 heterocycles. The van der Waals surface area contributed by atoms with Gasteiger partial charge in [0.15, 0.2) is 0 Å². The molecular weight excluding hydrogens is 453 g/mol. The average Bonchev–Trinajstić information content (AvgIpc) is 2.79. The fourth-order valence-corrected chi connectivity index (χ4v) is 5.84. The third kappa shape index (κ3) is 7.69. The Bertz CT molecular complexity index is 815. The predicted octanol–water partition coefficient (Wildman–Crippen LogP) is 2.48. The van der Waals surface area contributed by atoms with E-state index in [0.29, 0.717) is 37.9 Å². The van der Waals surface area contributed by atoms with E-state index in [2.05, 4.69) is 28.8 Å². The second-order valence-corrected chi connectivity index (χ2v) is 10.6. The van der Waals surface area contributed by atoms with Crippen molar-refractivity contribution in [3.05, 3.63) is 30.1 Å². The maximum absolute atomic E-state index is 14.1. The monoisotopic (exact) mass is 489 g/mol. The van der Waals surface area contributed by atoms with Gasteiger partial charge in [0.05, 0.1) is 13.2 Å². The number of hydrogen-bond acceptors (Lipinski definition) is 6. The van der Waals surface area contributed by atoms with E-state index in [9.17, 15) is 17.6 Å². The maximum atomic E-state index is 14.1. The van der Waals surface area contributed by atoms with Gasteiger partial charge in [0.2, 0.25) is 15.9 Å². The number of carbonyl (C=O) groups excluding carboxylic acids is 1. The third-order valence-electron chi connectivity index (χ3n) is 5.94. The standard InChI is InChI=1S/C22H36FN3O4S2/c1-4-17(5-2)20(26-11-13-30-14-12-26)16-24-22(27)19(10-15-31-3)25-32(28,29)21-9-7-6-8-18(21)23/h6-9,17,19-20,25H,4-5,10-16H2,1-3H3,(H,24,27). The Balaban J connectivity index is 2.12. The number of ether oxygens (including phenoxy) is 1. The van der Waals surface area contributed by atoms with Crippen LogP contribution in [0.1, 0.15) is 33.1 Å². The van der Waals surface area contributed by atoms with E-state index in [0.717, 1.165) is 32.0 Å². The summed E-state index contributed by atoms with van der Waals surface area (Å²) < 4.78 is 47.5. The van der Waals surface area contributed by atoms with Crippen LogP contribution in [0.2, 0.25) is 0 Å². The molecule has 1 fully saturated rings. The van der Waals surface area contributed by atoms with Gasteiger partial charge in [-0.25, -0.2) is 12.8 Å². The molecule has 2 atom stereocenters. The van der Waals surface area contributed by atoms with Crippen LogP contribution < -0.4 is 10.0 Å². The lowest BCUT2D eigenvalue weighted by molar-refractivity contribution is -0.123. The van der Waals surface area contributed by atoms with Crippen LogP contribution in [0.5, 0.6) is 0 Å². The number of morpholine rings is 1. The predicted molar refractivity (Wildman–Crippen MR) is 127 cm³/mol. The number of benzene rings is 1. The van der Waals surface area contributed by atoms with E-state index in [1.54, 1.807) is 0 Å². The molecular formula is C22H36FN3O4S2. The smallest absolute Gasteiger partial charge is 0.244 e. The van der Waals surface area contributed by atoms with E-state index >= 15 is 0 Å². The second-order valence-electron chi connectivity index (χ2n) is 7.92. The first-order valence-electron chi connectivity index (χ1n) is 11.2. The van der Waals surface area contributed by atoms with Gasteiger partial charge in [-0.3, -0.25) is 9.69 Å². The molecule has 182 valence electrons. The Hall–Kier alpha value is -1.20. The minimum absolute atomic E-state index is 0.155. The normalized spacial score (nSPS) is 17.3. The third-order valence-corrected chi connectivity index (χ3v) is 8.09. The highest BCUT2D eigenvalue weighted by atomic mass is 32.2. The zero-order valence-corrected chi connectivity index (χ0v) is 20.8. The summed E-state index contributed by atoms with van der Waals surface area (Å²) >= 11 is 1.52. The zero-order chi connectivity index (χ0) is 23.6. The summed E-state index contributed by atoms with van der Waals surface area (Å²) in [6, 6.07) is 4.35. The quantitative estimate of drug-likeness (QED) is 0.443. The zero-order valence-electron chi connectivity index (χ0n) is 19.2. The van der Waals surface area contributed by atoms with Gasteiger partial charge in [0.25, 0.3) is 0 Å². The van der Waals surface area contributed by atoms with E-state index in [4.69, 9.17) is 4.74 Å².